The molecule has 4 aromatic rings. The molecule has 1 aromatic carbocycles. The van der Waals surface area contributed by atoms with Gasteiger partial charge in [0.25, 0.3) is 11.6 Å². The minimum absolute atomic E-state index is 0.159. The van der Waals surface area contributed by atoms with Gasteiger partial charge in [-0.05, 0) is 38.0 Å². The van der Waals surface area contributed by atoms with Crippen LogP contribution in [0.3, 0.4) is 0 Å². The standard InChI is InChI=1S/C21H19N5O2/c1-13-19-17(9-18(15-7-8-15)24-21(19)28-25-13)20(27)22-10-14-11-23-26(12-14)16-5-3-2-4-6-16/h2-6,9,11-12,15H,7-8,10H2,1H3,(H,22,27). The lowest BCUT2D eigenvalue weighted by molar-refractivity contribution is 0.0952. The van der Waals surface area contributed by atoms with Crippen LogP contribution in [-0.2, 0) is 6.54 Å². The summed E-state index contributed by atoms with van der Waals surface area (Å²) in [4.78, 5) is 17.5. The lowest BCUT2D eigenvalue weighted by Gasteiger charge is -2.07. The van der Waals surface area contributed by atoms with Gasteiger partial charge in [0.05, 0.1) is 28.5 Å². The fraction of sp³-hybridized carbons (Fsp3) is 0.238. The molecule has 0 radical (unpaired) electrons. The van der Waals surface area contributed by atoms with Crippen molar-refractivity contribution in [1.29, 1.82) is 0 Å². The number of hydrogen-bond donors (Lipinski definition) is 1. The molecule has 1 aliphatic rings. The molecule has 140 valence electrons. The highest BCUT2D eigenvalue weighted by atomic mass is 16.5. The van der Waals surface area contributed by atoms with Gasteiger partial charge in [0.2, 0.25) is 0 Å². The molecule has 3 heterocycles. The van der Waals surface area contributed by atoms with E-state index >= 15 is 0 Å². The van der Waals surface area contributed by atoms with Crippen molar-refractivity contribution in [3.63, 3.8) is 0 Å². The van der Waals surface area contributed by atoms with Crippen LogP contribution in [0.1, 0.15) is 46.1 Å². The van der Waals surface area contributed by atoms with Crippen LogP contribution in [0.5, 0.6) is 0 Å². The molecule has 7 nitrogen and oxygen atoms in total. The van der Waals surface area contributed by atoms with E-state index in [4.69, 9.17) is 4.52 Å². The van der Waals surface area contributed by atoms with E-state index in [1.165, 1.54) is 0 Å². The minimum Gasteiger partial charge on any atom is -0.348 e. The van der Waals surface area contributed by atoms with Gasteiger partial charge >= 0.3 is 0 Å². The van der Waals surface area contributed by atoms with Gasteiger partial charge in [-0.2, -0.15) is 5.10 Å². The first-order valence-electron chi connectivity index (χ1n) is 9.33. The van der Waals surface area contributed by atoms with Gasteiger partial charge in [0.1, 0.15) is 0 Å². The molecule has 0 spiro atoms. The highest BCUT2D eigenvalue weighted by molar-refractivity contribution is 6.06. The second-order valence-corrected chi connectivity index (χ2v) is 7.13. The van der Waals surface area contributed by atoms with Gasteiger partial charge in [0.15, 0.2) is 0 Å². The number of carbonyl (C=O) groups excluding carboxylic acids is 1. The van der Waals surface area contributed by atoms with E-state index < -0.39 is 0 Å². The molecule has 0 saturated heterocycles. The molecule has 0 unspecified atom stereocenters. The van der Waals surface area contributed by atoms with Gasteiger partial charge in [-0.25, -0.2) is 9.67 Å². The first-order valence-corrected chi connectivity index (χ1v) is 9.33. The first kappa shape index (κ1) is 16.7. The van der Waals surface area contributed by atoms with E-state index in [9.17, 15) is 4.79 Å². The fourth-order valence-corrected chi connectivity index (χ4v) is 3.33. The predicted molar refractivity (Wildman–Crippen MR) is 103 cm³/mol. The van der Waals surface area contributed by atoms with Crippen molar-refractivity contribution in [2.24, 2.45) is 0 Å². The van der Waals surface area contributed by atoms with Crippen molar-refractivity contribution in [2.45, 2.75) is 32.2 Å². The number of aromatic nitrogens is 4. The van der Waals surface area contributed by atoms with E-state index in [0.29, 0.717) is 34.8 Å². The number of hydrogen-bond acceptors (Lipinski definition) is 5. The number of carbonyl (C=O) groups is 1. The summed E-state index contributed by atoms with van der Waals surface area (Å²) in [5.74, 6) is 0.263. The molecule has 1 aliphatic carbocycles. The van der Waals surface area contributed by atoms with Gasteiger partial charge in [-0.1, -0.05) is 23.4 Å². The summed E-state index contributed by atoms with van der Waals surface area (Å²) in [7, 11) is 0. The quantitative estimate of drug-likeness (QED) is 0.578. The zero-order chi connectivity index (χ0) is 19.1. The number of rotatable bonds is 5. The average molecular weight is 373 g/mol. The van der Waals surface area contributed by atoms with Crippen molar-refractivity contribution in [3.8, 4) is 5.69 Å². The Labute approximate surface area is 161 Å². The second-order valence-electron chi connectivity index (χ2n) is 7.13. The van der Waals surface area contributed by atoms with Crippen LogP contribution in [0.15, 0.2) is 53.3 Å². The van der Waals surface area contributed by atoms with Crippen LogP contribution in [0.2, 0.25) is 0 Å². The van der Waals surface area contributed by atoms with Crippen LogP contribution < -0.4 is 5.32 Å². The Kier molecular flexibility index (Phi) is 3.93. The van der Waals surface area contributed by atoms with Gasteiger partial charge in [-0.15, -0.1) is 0 Å². The Morgan fingerprint density at radius 1 is 1.29 bits per heavy atom. The SMILES string of the molecule is Cc1noc2nc(C3CC3)cc(C(=O)NCc3cnn(-c4ccccc4)c3)c12. The van der Waals surface area contributed by atoms with Gasteiger partial charge in [-0.3, -0.25) is 4.79 Å². The van der Waals surface area contributed by atoms with E-state index in [1.54, 1.807) is 10.9 Å². The van der Waals surface area contributed by atoms with Crippen LogP contribution in [0, 0.1) is 6.92 Å². The Balaban J connectivity index is 1.37. The number of nitrogens with zero attached hydrogens (tertiary/aromatic N) is 4. The summed E-state index contributed by atoms with van der Waals surface area (Å²) < 4.78 is 7.11. The fourth-order valence-electron chi connectivity index (χ4n) is 3.33. The predicted octanol–water partition coefficient (Wildman–Crippen LogP) is 3.52. The summed E-state index contributed by atoms with van der Waals surface area (Å²) in [6.07, 6.45) is 5.88. The zero-order valence-corrected chi connectivity index (χ0v) is 15.4. The number of para-hydroxylation sites is 1. The Morgan fingerprint density at radius 2 is 2.11 bits per heavy atom. The topological polar surface area (TPSA) is 85.8 Å². The van der Waals surface area contributed by atoms with E-state index in [0.717, 1.165) is 29.8 Å². The Morgan fingerprint density at radius 3 is 2.89 bits per heavy atom. The maximum Gasteiger partial charge on any atom is 0.259 e. The smallest absolute Gasteiger partial charge is 0.259 e. The lowest BCUT2D eigenvalue weighted by Crippen LogP contribution is -2.23. The lowest BCUT2D eigenvalue weighted by atomic mass is 10.1. The van der Waals surface area contributed by atoms with Crippen molar-refractivity contribution in [3.05, 3.63) is 71.3 Å². The summed E-state index contributed by atoms with van der Waals surface area (Å²) in [5, 5.41) is 12.0. The molecule has 5 rings (SSSR count). The molecular weight excluding hydrogens is 354 g/mol. The minimum atomic E-state index is -0.159. The Bertz CT molecular complexity index is 1160. The van der Waals surface area contributed by atoms with Crippen molar-refractivity contribution < 1.29 is 9.32 Å². The highest BCUT2D eigenvalue weighted by Gasteiger charge is 2.28. The number of pyridine rings is 1. The largest absolute Gasteiger partial charge is 0.348 e. The Hall–Kier alpha value is -3.48. The molecule has 28 heavy (non-hydrogen) atoms. The highest BCUT2D eigenvalue weighted by Crippen LogP contribution is 2.40. The first-order chi connectivity index (χ1) is 13.7. The van der Waals surface area contributed by atoms with Crippen LogP contribution in [-0.4, -0.2) is 25.8 Å². The van der Waals surface area contributed by atoms with Crippen molar-refractivity contribution >= 4 is 17.0 Å². The molecule has 0 atom stereocenters. The molecule has 1 N–H and O–H groups in total. The zero-order valence-electron chi connectivity index (χ0n) is 15.4. The molecule has 1 amide bonds. The monoisotopic (exact) mass is 373 g/mol. The molecule has 0 bridgehead atoms. The maximum absolute atomic E-state index is 12.9. The maximum atomic E-state index is 12.9. The van der Waals surface area contributed by atoms with E-state index in [2.05, 4.69) is 20.6 Å². The number of nitrogens with one attached hydrogen (secondary N) is 1. The molecule has 1 fully saturated rings. The third-order valence-corrected chi connectivity index (χ3v) is 4.99. The second kappa shape index (κ2) is 6.60. The van der Waals surface area contributed by atoms with E-state index in [1.807, 2.05) is 49.5 Å². The molecular formula is C21H19N5O2. The average Bonchev–Trinajstić information content (AvgIpc) is 3.36. The molecule has 7 heteroatoms. The molecule has 0 aliphatic heterocycles. The van der Waals surface area contributed by atoms with Crippen molar-refractivity contribution in [1.82, 2.24) is 25.2 Å². The molecule has 3 aromatic heterocycles. The normalized spacial score (nSPS) is 13.8. The number of benzene rings is 1. The summed E-state index contributed by atoms with van der Waals surface area (Å²) in [5.41, 5.74) is 4.49. The third kappa shape index (κ3) is 3.05. The van der Waals surface area contributed by atoms with Gasteiger partial charge in [0, 0.05) is 29.9 Å². The number of aryl methyl sites for hydroxylation is 1. The third-order valence-electron chi connectivity index (χ3n) is 4.99. The summed E-state index contributed by atoms with van der Waals surface area (Å²) >= 11 is 0. The van der Waals surface area contributed by atoms with E-state index in [-0.39, 0.29) is 5.91 Å². The molecule has 1 saturated carbocycles. The van der Waals surface area contributed by atoms with Gasteiger partial charge < -0.3 is 9.84 Å². The number of amides is 1. The summed E-state index contributed by atoms with van der Waals surface area (Å²) in [6, 6.07) is 11.7. The summed E-state index contributed by atoms with van der Waals surface area (Å²) in [6.45, 7) is 2.21. The van der Waals surface area contributed by atoms with Crippen LogP contribution >= 0.6 is 0 Å². The van der Waals surface area contributed by atoms with Crippen molar-refractivity contribution in [2.75, 3.05) is 0 Å². The van der Waals surface area contributed by atoms with Crippen LogP contribution in [0.25, 0.3) is 16.8 Å². The van der Waals surface area contributed by atoms with Crippen LogP contribution in [0.4, 0.5) is 0 Å². The number of fused-ring (bicyclic) bond motifs is 1.